The van der Waals surface area contributed by atoms with Crippen LogP contribution in [0.1, 0.15) is 11.1 Å². The highest BCUT2D eigenvalue weighted by Gasteiger charge is 2.09. The number of hydrogen-bond acceptors (Lipinski definition) is 5. The molecule has 0 fully saturated rings. The maximum atomic E-state index is 12.4. The molecule has 1 heterocycles. The molecule has 0 spiro atoms. The Morgan fingerprint density at radius 2 is 1.71 bits per heavy atom. The fourth-order valence-corrected chi connectivity index (χ4v) is 2.75. The summed E-state index contributed by atoms with van der Waals surface area (Å²) in [6.45, 7) is 3.35. The van der Waals surface area contributed by atoms with Crippen LogP contribution in [0, 0.1) is 13.8 Å². The Bertz CT molecular complexity index is 1070. The van der Waals surface area contributed by atoms with Gasteiger partial charge in [-0.3, -0.25) is 29.8 Å². The SMILES string of the molecule is Cc1cc(C)cc(OCC(=O)NNC(=O)Cn2cnc3ccccc3c2=O)c1. The first-order chi connectivity index (χ1) is 13.4. The number of para-hydroxylation sites is 1. The van der Waals surface area contributed by atoms with Crippen molar-refractivity contribution in [3.8, 4) is 5.75 Å². The Kier molecular flexibility index (Phi) is 5.69. The maximum absolute atomic E-state index is 12.4. The van der Waals surface area contributed by atoms with Gasteiger partial charge in [-0.1, -0.05) is 18.2 Å². The Labute approximate surface area is 161 Å². The minimum absolute atomic E-state index is 0.249. The molecule has 3 rings (SSSR count). The quantitative estimate of drug-likeness (QED) is 0.649. The number of aryl methyl sites for hydroxylation is 2. The number of nitrogens with one attached hydrogen (secondary N) is 2. The molecule has 0 saturated carbocycles. The number of aromatic nitrogens is 2. The second-order valence-electron chi connectivity index (χ2n) is 6.40. The van der Waals surface area contributed by atoms with Gasteiger partial charge in [-0.2, -0.15) is 0 Å². The number of rotatable bonds is 5. The summed E-state index contributed by atoms with van der Waals surface area (Å²) in [5, 5.41) is 0.420. The third kappa shape index (κ3) is 4.73. The van der Waals surface area contributed by atoms with E-state index >= 15 is 0 Å². The zero-order chi connectivity index (χ0) is 20.1. The van der Waals surface area contributed by atoms with Gasteiger partial charge in [0.05, 0.1) is 17.2 Å². The van der Waals surface area contributed by atoms with Gasteiger partial charge in [0.2, 0.25) is 0 Å². The minimum atomic E-state index is -0.557. The van der Waals surface area contributed by atoms with E-state index in [1.807, 2.05) is 32.0 Å². The van der Waals surface area contributed by atoms with Crippen LogP contribution < -0.4 is 21.1 Å². The van der Waals surface area contributed by atoms with Crippen LogP contribution in [0.25, 0.3) is 10.9 Å². The highest BCUT2D eigenvalue weighted by molar-refractivity contribution is 5.83. The van der Waals surface area contributed by atoms with Crippen molar-refractivity contribution in [3.05, 3.63) is 70.3 Å². The number of hydrazine groups is 1. The average Bonchev–Trinajstić information content (AvgIpc) is 2.66. The predicted molar refractivity (Wildman–Crippen MR) is 104 cm³/mol. The van der Waals surface area contributed by atoms with E-state index in [4.69, 9.17) is 4.74 Å². The zero-order valence-electron chi connectivity index (χ0n) is 15.6. The van der Waals surface area contributed by atoms with E-state index < -0.39 is 11.8 Å². The molecule has 2 aromatic carbocycles. The van der Waals surface area contributed by atoms with Gasteiger partial charge in [0, 0.05) is 0 Å². The summed E-state index contributed by atoms with van der Waals surface area (Å²) in [5.74, 6) is -0.497. The second kappa shape index (κ2) is 8.34. The highest BCUT2D eigenvalue weighted by atomic mass is 16.5. The van der Waals surface area contributed by atoms with Crippen LogP contribution in [-0.4, -0.2) is 28.0 Å². The number of ether oxygens (including phenoxy) is 1. The minimum Gasteiger partial charge on any atom is -0.484 e. The highest BCUT2D eigenvalue weighted by Crippen LogP contribution is 2.15. The molecule has 3 aromatic rings. The molecule has 0 aliphatic rings. The molecule has 0 atom stereocenters. The van der Waals surface area contributed by atoms with Gasteiger partial charge < -0.3 is 4.74 Å². The van der Waals surface area contributed by atoms with Crippen molar-refractivity contribution >= 4 is 22.7 Å². The Morgan fingerprint density at radius 1 is 1.04 bits per heavy atom. The molecule has 28 heavy (non-hydrogen) atoms. The monoisotopic (exact) mass is 380 g/mol. The van der Waals surface area contributed by atoms with Crippen LogP contribution in [0.2, 0.25) is 0 Å². The zero-order valence-corrected chi connectivity index (χ0v) is 15.6. The number of carbonyl (C=O) groups is 2. The summed E-state index contributed by atoms with van der Waals surface area (Å²) in [6.07, 6.45) is 1.30. The van der Waals surface area contributed by atoms with Crippen LogP contribution in [0.3, 0.4) is 0 Å². The standard InChI is InChI=1S/C20H20N4O4/c1-13-7-14(2)9-15(8-13)28-11-19(26)23-22-18(25)10-24-12-21-17-6-4-3-5-16(17)20(24)27/h3-9,12H,10-11H2,1-2H3,(H,22,25)(H,23,26). The fraction of sp³-hybridized carbons (Fsp3) is 0.200. The number of carbonyl (C=O) groups excluding carboxylic acids is 2. The van der Waals surface area contributed by atoms with Crippen molar-refractivity contribution in [1.29, 1.82) is 0 Å². The topological polar surface area (TPSA) is 102 Å². The van der Waals surface area contributed by atoms with Crippen molar-refractivity contribution in [3.63, 3.8) is 0 Å². The first kappa shape index (κ1) is 19.1. The van der Waals surface area contributed by atoms with E-state index in [9.17, 15) is 14.4 Å². The summed E-state index contributed by atoms with van der Waals surface area (Å²) in [6, 6.07) is 12.5. The average molecular weight is 380 g/mol. The Morgan fingerprint density at radius 3 is 2.46 bits per heavy atom. The van der Waals surface area contributed by atoms with E-state index in [2.05, 4.69) is 15.8 Å². The van der Waals surface area contributed by atoms with Crippen molar-refractivity contribution in [2.24, 2.45) is 0 Å². The first-order valence-electron chi connectivity index (χ1n) is 8.65. The molecule has 8 heteroatoms. The Hall–Kier alpha value is -3.68. The van der Waals surface area contributed by atoms with E-state index in [1.54, 1.807) is 24.3 Å². The van der Waals surface area contributed by atoms with Crippen LogP contribution in [0.15, 0.2) is 53.6 Å². The van der Waals surface area contributed by atoms with E-state index in [0.29, 0.717) is 16.7 Å². The third-order valence-electron chi connectivity index (χ3n) is 3.95. The summed E-state index contributed by atoms with van der Waals surface area (Å²) >= 11 is 0. The lowest BCUT2D eigenvalue weighted by Gasteiger charge is -2.10. The molecule has 8 nitrogen and oxygen atoms in total. The molecule has 2 N–H and O–H groups in total. The number of hydrogen-bond donors (Lipinski definition) is 2. The number of nitrogens with zero attached hydrogens (tertiary/aromatic N) is 2. The molecule has 0 unspecified atom stereocenters. The summed E-state index contributed by atoms with van der Waals surface area (Å²) in [7, 11) is 0. The lowest BCUT2D eigenvalue weighted by Crippen LogP contribution is -2.45. The van der Waals surface area contributed by atoms with E-state index in [-0.39, 0.29) is 18.7 Å². The summed E-state index contributed by atoms with van der Waals surface area (Å²) < 4.78 is 6.60. The van der Waals surface area contributed by atoms with Crippen LogP contribution in [0.5, 0.6) is 5.75 Å². The smallest absolute Gasteiger partial charge is 0.276 e. The number of benzene rings is 2. The lowest BCUT2D eigenvalue weighted by atomic mass is 10.1. The number of amides is 2. The van der Waals surface area contributed by atoms with Crippen molar-refractivity contribution < 1.29 is 14.3 Å². The molecular formula is C20H20N4O4. The van der Waals surface area contributed by atoms with Crippen molar-refractivity contribution in [2.45, 2.75) is 20.4 Å². The van der Waals surface area contributed by atoms with Gasteiger partial charge in [-0.05, 0) is 49.2 Å². The molecule has 1 aromatic heterocycles. The van der Waals surface area contributed by atoms with Crippen molar-refractivity contribution in [2.75, 3.05) is 6.61 Å². The van der Waals surface area contributed by atoms with E-state index in [1.165, 1.54) is 10.9 Å². The maximum Gasteiger partial charge on any atom is 0.276 e. The molecule has 144 valence electrons. The molecule has 0 aliphatic carbocycles. The van der Waals surface area contributed by atoms with Gasteiger partial charge in [0.25, 0.3) is 17.4 Å². The van der Waals surface area contributed by atoms with Crippen LogP contribution >= 0.6 is 0 Å². The molecule has 0 saturated heterocycles. The number of fused-ring (bicyclic) bond motifs is 1. The second-order valence-corrected chi connectivity index (χ2v) is 6.40. The lowest BCUT2D eigenvalue weighted by molar-refractivity contribution is -0.130. The summed E-state index contributed by atoms with van der Waals surface area (Å²) in [5.41, 5.74) is 6.80. The summed E-state index contributed by atoms with van der Waals surface area (Å²) in [4.78, 5) is 40.4. The normalized spacial score (nSPS) is 10.5. The van der Waals surface area contributed by atoms with Crippen molar-refractivity contribution in [1.82, 2.24) is 20.4 Å². The van der Waals surface area contributed by atoms with Crippen LogP contribution in [-0.2, 0) is 16.1 Å². The van der Waals surface area contributed by atoms with Gasteiger partial charge in [-0.15, -0.1) is 0 Å². The molecule has 2 amide bonds. The molecular weight excluding hydrogens is 360 g/mol. The van der Waals surface area contributed by atoms with E-state index in [0.717, 1.165) is 11.1 Å². The molecule has 0 aliphatic heterocycles. The van der Waals surface area contributed by atoms with Gasteiger partial charge in [0.15, 0.2) is 6.61 Å². The first-order valence-corrected chi connectivity index (χ1v) is 8.65. The van der Waals surface area contributed by atoms with Gasteiger partial charge >= 0.3 is 0 Å². The Balaban J connectivity index is 1.52. The fourth-order valence-electron chi connectivity index (χ4n) is 2.75. The molecule has 0 bridgehead atoms. The van der Waals surface area contributed by atoms with Crippen LogP contribution in [0.4, 0.5) is 0 Å². The third-order valence-corrected chi connectivity index (χ3v) is 3.95. The van der Waals surface area contributed by atoms with Gasteiger partial charge in [0.1, 0.15) is 12.3 Å². The largest absolute Gasteiger partial charge is 0.484 e. The molecule has 0 radical (unpaired) electrons. The van der Waals surface area contributed by atoms with Gasteiger partial charge in [-0.25, -0.2) is 4.98 Å². The predicted octanol–water partition coefficient (Wildman–Crippen LogP) is 1.24.